The predicted molar refractivity (Wildman–Crippen MR) is 61.5 cm³/mol. The summed E-state index contributed by atoms with van der Waals surface area (Å²) in [5.41, 5.74) is -0.132. The Morgan fingerprint density at radius 3 is 2.61 bits per heavy atom. The monoisotopic (exact) mass is 377 g/mol. The van der Waals surface area contributed by atoms with Gasteiger partial charge in [0.15, 0.2) is 5.75 Å². The van der Waals surface area contributed by atoms with Gasteiger partial charge in [-0.05, 0) is 22.6 Å². The minimum atomic E-state index is -4.95. The fourth-order valence-corrected chi connectivity index (χ4v) is 1.75. The summed E-state index contributed by atoms with van der Waals surface area (Å²) in [6, 6.07) is 0. The van der Waals surface area contributed by atoms with Gasteiger partial charge in [-0.25, -0.2) is 4.98 Å². The Bertz CT molecular complexity index is 464. The molecule has 0 spiro atoms. The van der Waals surface area contributed by atoms with E-state index in [0.717, 1.165) is 7.11 Å². The van der Waals surface area contributed by atoms with Gasteiger partial charge in [0.25, 0.3) is 5.88 Å². The number of carboxylic acid groups (broad SMARTS) is 1. The second-order valence-electron chi connectivity index (χ2n) is 3.04. The highest BCUT2D eigenvalue weighted by Gasteiger charge is 2.35. The molecule has 0 amide bonds. The number of pyridine rings is 1. The topological polar surface area (TPSA) is 68.7 Å². The molecule has 0 aromatic carbocycles. The van der Waals surface area contributed by atoms with Crippen LogP contribution in [0, 0.1) is 3.57 Å². The van der Waals surface area contributed by atoms with Gasteiger partial charge in [-0.15, -0.1) is 13.2 Å². The number of aromatic nitrogens is 1. The molecule has 0 unspecified atom stereocenters. The summed E-state index contributed by atoms with van der Waals surface area (Å²) in [5.74, 6) is -2.42. The van der Waals surface area contributed by atoms with Gasteiger partial charge in [-0.1, -0.05) is 0 Å². The molecule has 1 aromatic heterocycles. The van der Waals surface area contributed by atoms with Crippen LogP contribution in [0.1, 0.15) is 5.56 Å². The number of carboxylic acids is 1. The lowest BCUT2D eigenvalue weighted by Crippen LogP contribution is -2.20. The first-order chi connectivity index (χ1) is 8.24. The number of carbonyl (C=O) groups is 1. The van der Waals surface area contributed by atoms with Crippen LogP contribution in [-0.2, 0) is 11.2 Å². The molecule has 1 N–H and O–H groups in total. The maximum absolute atomic E-state index is 12.3. The number of hydrogen-bond acceptors (Lipinski definition) is 4. The minimum absolute atomic E-state index is 0.132. The molecule has 100 valence electrons. The summed E-state index contributed by atoms with van der Waals surface area (Å²) in [4.78, 5) is 14.2. The summed E-state index contributed by atoms with van der Waals surface area (Å²) in [6.07, 6.45) is -4.36. The zero-order chi connectivity index (χ0) is 13.9. The van der Waals surface area contributed by atoms with Gasteiger partial charge in [-0.3, -0.25) is 4.79 Å². The number of aliphatic carboxylic acids is 1. The Kier molecular flexibility index (Phi) is 4.59. The van der Waals surface area contributed by atoms with Crippen molar-refractivity contribution < 1.29 is 32.5 Å². The van der Waals surface area contributed by atoms with Crippen molar-refractivity contribution in [1.29, 1.82) is 0 Å². The van der Waals surface area contributed by atoms with Crippen LogP contribution in [0.15, 0.2) is 6.20 Å². The van der Waals surface area contributed by atoms with Gasteiger partial charge in [0.05, 0.1) is 13.5 Å². The first kappa shape index (κ1) is 14.8. The van der Waals surface area contributed by atoms with E-state index in [1.54, 1.807) is 22.6 Å². The largest absolute Gasteiger partial charge is 0.573 e. The zero-order valence-electron chi connectivity index (χ0n) is 8.92. The number of alkyl halides is 3. The molecule has 0 aliphatic carbocycles. The molecule has 5 nitrogen and oxygen atoms in total. The summed E-state index contributed by atoms with van der Waals surface area (Å²) in [7, 11) is 1.11. The fourth-order valence-electron chi connectivity index (χ4n) is 1.17. The summed E-state index contributed by atoms with van der Waals surface area (Å²) in [5, 5.41) is 8.68. The van der Waals surface area contributed by atoms with Crippen molar-refractivity contribution in [1.82, 2.24) is 4.98 Å². The fraction of sp³-hybridized carbons (Fsp3) is 0.333. The van der Waals surface area contributed by atoms with Crippen LogP contribution in [0.5, 0.6) is 11.6 Å². The predicted octanol–water partition coefficient (Wildman–Crippen LogP) is 2.22. The standard InChI is InChI=1S/C9H7F3INO4/c1-17-8-7(18-9(10,11)12)4(2-6(15)16)5(13)3-14-8/h3H,2H2,1H3,(H,15,16). The lowest BCUT2D eigenvalue weighted by atomic mass is 10.2. The number of methoxy groups -OCH3 is 1. The first-order valence-corrected chi connectivity index (χ1v) is 5.51. The highest BCUT2D eigenvalue weighted by molar-refractivity contribution is 14.1. The van der Waals surface area contributed by atoms with Crippen LogP contribution in [0.4, 0.5) is 13.2 Å². The van der Waals surface area contributed by atoms with E-state index in [2.05, 4.69) is 14.5 Å². The molecule has 0 aliphatic heterocycles. The third kappa shape index (κ3) is 3.89. The molecule has 1 aromatic rings. The van der Waals surface area contributed by atoms with Crippen molar-refractivity contribution >= 4 is 28.6 Å². The molecule has 0 saturated carbocycles. The zero-order valence-corrected chi connectivity index (χ0v) is 11.1. The molecular weight excluding hydrogens is 370 g/mol. The normalized spacial score (nSPS) is 11.2. The van der Waals surface area contributed by atoms with E-state index in [9.17, 15) is 18.0 Å². The summed E-state index contributed by atoms with van der Waals surface area (Å²) >= 11 is 1.68. The lowest BCUT2D eigenvalue weighted by Gasteiger charge is -2.15. The SMILES string of the molecule is COc1ncc(I)c(CC(=O)O)c1OC(F)(F)F. The molecular formula is C9H7F3INO4. The molecule has 0 radical (unpaired) electrons. The molecule has 0 aliphatic rings. The highest BCUT2D eigenvalue weighted by atomic mass is 127. The van der Waals surface area contributed by atoms with Crippen LogP contribution < -0.4 is 9.47 Å². The van der Waals surface area contributed by atoms with Crippen molar-refractivity contribution in [3.8, 4) is 11.6 Å². The van der Waals surface area contributed by atoms with Crippen LogP contribution in [-0.4, -0.2) is 29.5 Å². The number of rotatable bonds is 4. The second kappa shape index (κ2) is 5.59. The van der Waals surface area contributed by atoms with Crippen LogP contribution in [0.25, 0.3) is 0 Å². The quantitative estimate of drug-likeness (QED) is 0.816. The lowest BCUT2D eigenvalue weighted by molar-refractivity contribution is -0.275. The van der Waals surface area contributed by atoms with E-state index >= 15 is 0 Å². The van der Waals surface area contributed by atoms with E-state index < -0.39 is 30.4 Å². The maximum atomic E-state index is 12.3. The van der Waals surface area contributed by atoms with Crippen molar-refractivity contribution in [3.05, 3.63) is 15.3 Å². The van der Waals surface area contributed by atoms with E-state index in [0.29, 0.717) is 0 Å². The Balaban J connectivity index is 3.31. The van der Waals surface area contributed by atoms with Gasteiger partial charge in [0, 0.05) is 15.3 Å². The average molecular weight is 377 g/mol. The van der Waals surface area contributed by atoms with Gasteiger partial charge in [0.1, 0.15) is 0 Å². The Labute approximate surface area is 113 Å². The van der Waals surface area contributed by atoms with E-state index in [1.165, 1.54) is 6.20 Å². The van der Waals surface area contributed by atoms with Crippen LogP contribution in [0.2, 0.25) is 0 Å². The summed E-state index contributed by atoms with van der Waals surface area (Å²) < 4.78 is 45.4. The molecule has 9 heteroatoms. The second-order valence-corrected chi connectivity index (χ2v) is 4.20. The van der Waals surface area contributed by atoms with Crippen molar-refractivity contribution in [2.45, 2.75) is 12.8 Å². The Morgan fingerprint density at radius 2 is 2.17 bits per heavy atom. The molecule has 0 atom stereocenters. The van der Waals surface area contributed by atoms with Crippen molar-refractivity contribution in [2.75, 3.05) is 7.11 Å². The molecule has 0 bridgehead atoms. The van der Waals surface area contributed by atoms with Gasteiger partial charge in [0.2, 0.25) is 0 Å². The smallest absolute Gasteiger partial charge is 0.481 e. The number of halogens is 4. The van der Waals surface area contributed by atoms with E-state index in [4.69, 9.17) is 5.11 Å². The van der Waals surface area contributed by atoms with Gasteiger partial charge >= 0.3 is 12.3 Å². The molecule has 1 heterocycles. The van der Waals surface area contributed by atoms with Crippen LogP contribution in [0.3, 0.4) is 0 Å². The van der Waals surface area contributed by atoms with Gasteiger partial charge < -0.3 is 14.6 Å². The summed E-state index contributed by atoms with van der Waals surface area (Å²) in [6.45, 7) is 0. The number of hydrogen-bond donors (Lipinski definition) is 1. The molecule has 1 rings (SSSR count). The molecule has 18 heavy (non-hydrogen) atoms. The number of nitrogens with zero attached hydrogens (tertiary/aromatic N) is 1. The van der Waals surface area contributed by atoms with Crippen molar-refractivity contribution in [3.63, 3.8) is 0 Å². The Morgan fingerprint density at radius 1 is 1.56 bits per heavy atom. The minimum Gasteiger partial charge on any atom is -0.481 e. The average Bonchev–Trinajstić information content (AvgIpc) is 2.21. The van der Waals surface area contributed by atoms with Crippen LogP contribution >= 0.6 is 22.6 Å². The third-order valence-corrected chi connectivity index (χ3v) is 2.72. The third-order valence-electron chi connectivity index (χ3n) is 1.79. The molecule has 0 fully saturated rings. The first-order valence-electron chi connectivity index (χ1n) is 4.43. The van der Waals surface area contributed by atoms with E-state index in [-0.39, 0.29) is 9.13 Å². The maximum Gasteiger partial charge on any atom is 0.573 e. The van der Waals surface area contributed by atoms with Gasteiger partial charge in [-0.2, -0.15) is 0 Å². The molecule has 0 saturated heterocycles. The Hall–Kier alpha value is -1.26. The highest BCUT2D eigenvalue weighted by Crippen LogP contribution is 2.36. The van der Waals surface area contributed by atoms with Crippen molar-refractivity contribution in [2.24, 2.45) is 0 Å². The number of ether oxygens (including phenoxy) is 2. The van der Waals surface area contributed by atoms with E-state index in [1.807, 2.05) is 0 Å².